The maximum absolute atomic E-state index is 11.6. The number of carbonyl (C=O) groups excluding carboxylic acids is 1. The molecule has 1 aromatic heterocycles. The summed E-state index contributed by atoms with van der Waals surface area (Å²) < 4.78 is 0. The number of aromatic nitrogens is 1. The van der Waals surface area contributed by atoms with Crippen LogP contribution in [0.3, 0.4) is 0 Å². The van der Waals surface area contributed by atoms with Gasteiger partial charge in [0.05, 0.1) is 0 Å². The standard InChI is InChI=1S/C11H16N2O.C2H6/c1-8(2)9-6-5-7-10(12-9)11(14)13(3)4;1-2/h5-8H,1-4H3;1-2H3. The second-order valence-corrected chi connectivity index (χ2v) is 3.80. The zero-order valence-electron chi connectivity index (χ0n) is 11.1. The lowest BCUT2D eigenvalue weighted by molar-refractivity contribution is 0.0821. The van der Waals surface area contributed by atoms with Gasteiger partial charge in [-0.15, -0.1) is 0 Å². The van der Waals surface area contributed by atoms with E-state index in [2.05, 4.69) is 18.8 Å². The van der Waals surface area contributed by atoms with Crippen LogP contribution in [-0.2, 0) is 0 Å². The van der Waals surface area contributed by atoms with Crippen molar-refractivity contribution in [2.24, 2.45) is 0 Å². The summed E-state index contributed by atoms with van der Waals surface area (Å²) in [5.41, 5.74) is 1.47. The SMILES string of the molecule is CC.CC(C)c1cccc(C(=O)N(C)C)n1. The van der Waals surface area contributed by atoms with E-state index < -0.39 is 0 Å². The van der Waals surface area contributed by atoms with Gasteiger partial charge in [-0.1, -0.05) is 33.8 Å². The smallest absolute Gasteiger partial charge is 0.271 e. The van der Waals surface area contributed by atoms with Crippen LogP contribution in [0.1, 0.15) is 49.8 Å². The molecule has 0 unspecified atom stereocenters. The molecular formula is C13H22N2O. The van der Waals surface area contributed by atoms with Crippen LogP contribution in [0.15, 0.2) is 18.2 Å². The summed E-state index contributed by atoms with van der Waals surface area (Å²) >= 11 is 0. The van der Waals surface area contributed by atoms with Crippen molar-refractivity contribution in [3.8, 4) is 0 Å². The van der Waals surface area contributed by atoms with Gasteiger partial charge in [0.15, 0.2) is 0 Å². The van der Waals surface area contributed by atoms with E-state index in [-0.39, 0.29) is 5.91 Å². The number of hydrogen-bond donors (Lipinski definition) is 0. The quantitative estimate of drug-likeness (QED) is 0.770. The summed E-state index contributed by atoms with van der Waals surface area (Å²) in [5.74, 6) is 0.303. The number of hydrogen-bond acceptors (Lipinski definition) is 2. The van der Waals surface area contributed by atoms with E-state index in [9.17, 15) is 4.79 Å². The minimum Gasteiger partial charge on any atom is -0.343 e. The Morgan fingerprint density at radius 1 is 1.25 bits per heavy atom. The van der Waals surface area contributed by atoms with Gasteiger partial charge >= 0.3 is 0 Å². The highest BCUT2D eigenvalue weighted by molar-refractivity contribution is 5.91. The third-order valence-corrected chi connectivity index (χ3v) is 1.99. The van der Waals surface area contributed by atoms with Gasteiger partial charge in [0, 0.05) is 19.8 Å². The number of pyridine rings is 1. The molecule has 16 heavy (non-hydrogen) atoms. The predicted octanol–water partition coefficient (Wildman–Crippen LogP) is 2.93. The Bertz CT molecular complexity index is 332. The molecule has 3 heteroatoms. The second kappa shape index (κ2) is 6.99. The molecule has 0 saturated carbocycles. The lowest BCUT2D eigenvalue weighted by atomic mass is 10.1. The van der Waals surface area contributed by atoms with Crippen LogP contribution in [0.5, 0.6) is 0 Å². The maximum atomic E-state index is 11.6. The van der Waals surface area contributed by atoms with Crippen molar-refractivity contribution in [3.05, 3.63) is 29.6 Å². The molecular weight excluding hydrogens is 200 g/mol. The van der Waals surface area contributed by atoms with Crippen molar-refractivity contribution in [2.45, 2.75) is 33.6 Å². The fourth-order valence-electron chi connectivity index (χ4n) is 1.12. The molecule has 0 bridgehead atoms. The van der Waals surface area contributed by atoms with Crippen molar-refractivity contribution in [1.82, 2.24) is 9.88 Å². The van der Waals surface area contributed by atoms with Gasteiger partial charge in [-0.05, 0) is 18.1 Å². The molecule has 90 valence electrons. The van der Waals surface area contributed by atoms with Crippen LogP contribution >= 0.6 is 0 Å². The molecule has 0 radical (unpaired) electrons. The first-order valence-corrected chi connectivity index (χ1v) is 5.71. The van der Waals surface area contributed by atoms with Crippen LogP contribution in [-0.4, -0.2) is 29.9 Å². The second-order valence-electron chi connectivity index (χ2n) is 3.80. The molecule has 1 rings (SSSR count). The normalized spacial score (nSPS) is 9.44. The third kappa shape index (κ3) is 4.01. The van der Waals surface area contributed by atoms with E-state index in [1.807, 2.05) is 26.0 Å². The first-order valence-electron chi connectivity index (χ1n) is 5.71. The molecule has 1 amide bonds. The first-order chi connectivity index (χ1) is 7.52. The molecule has 0 fully saturated rings. The minimum absolute atomic E-state index is 0.0486. The predicted molar refractivity (Wildman–Crippen MR) is 67.7 cm³/mol. The van der Waals surface area contributed by atoms with E-state index >= 15 is 0 Å². The van der Waals surface area contributed by atoms with Crippen LogP contribution in [0.25, 0.3) is 0 Å². The summed E-state index contributed by atoms with van der Waals surface area (Å²) in [5, 5.41) is 0. The Kier molecular flexibility index (Phi) is 6.38. The van der Waals surface area contributed by atoms with Crippen molar-refractivity contribution in [1.29, 1.82) is 0 Å². The topological polar surface area (TPSA) is 33.2 Å². The van der Waals surface area contributed by atoms with Crippen LogP contribution in [0.2, 0.25) is 0 Å². The largest absolute Gasteiger partial charge is 0.343 e. The van der Waals surface area contributed by atoms with Crippen molar-refractivity contribution >= 4 is 5.91 Å². The fraction of sp³-hybridized carbons (Fsp3) is 0.538. The molecule has 0 saturated heterocycles. The molecule has 1 aromatic rings. The monoisotopic (exact) mass is 222 g/mol. The molecule has 0 aliphatic heterocycles. The molecule has 0 aromatic carbocycles. The lowest BCUT2D eigenvalue weighted by Gasteiger charge is -2.11. The third-order valence-electron chi connectivity index (χ3n) is 1.99. The van der Waals surface area contributed by atoms with Gasteiger partial charge in [-0.25, -0.2) is 4.98 Å². The van der Waals surface area contributed by atoms with E-state index in [0.29, 0.717) is 11.6 Å². The van der Waals surface area contributed by atoms with E-state index in [0.717, 1.165) is 5.69 Å². The summed E-state index contributed by atoms with van der Waals surface area (Å²) in [6, 6.07) is 5.56. The zero-order valence-corrected chi connectivity index (χ0v) is 11.1. The molecule has 0 atom stereocenters. The summed E-state index contributed by atoms with van der Waals surface area (Å²) in [4.78, 5) is 17.4. The Morgan fingerprint density at radius 3 is 2.25 bits per heavy atom. The number of carbonyl (C=O) groups is 1. The molecule has 0 N–H and O–H groups in total. The lowest BCUT2D eigenvalue weighted by Crippen LogP contribution is -2.23. The van der Waals surface area contributed by atoms with Gasteiger partial charge in [0.1, 0.15) is 5.69 Å². The van der Waals surface area contributed by atoms with Crippen LogP contribution in [0, 0.1) is 0 Å². The van der Waals surface area contributed by atoms with Crippen molar-refractivity contribution in [2.75, 3.05) is 14.1 Å². The fourth-order valence-corrected chi connectivity index (χ4v) is 1.12. The maximum Gasteiger partial charge on any atom is 0.271 e. The van der Waals surface area contributed by atoms with Gasteiger partial charge in [0.2, 0.25) is 0 Å². The number of rotatable bonds is 2. The van der Waals surface area contributed by atoms with E-state index in [1.165, 1.54) is 4.90 Å². The average Bonchev–Trinajstić information content (AvgIpc) is 2.30. The van der Waals surface area contributed by atoms with E-state index in [1.54, 1.807) is 20.2 Å². The van der Waals surface area contributed by atoms with E-state index in [4.69, 9.17) is 0 Å². The Balaban J connectivity index is 0.00000106. The zero-order chi connectivity index (χ0) is 12.7. The summed E-state index contributed by atoms with van der Waals surface area (Å²) in [6.45, 7) is 8.12. The molecule has 0 aliphatic carbocycles. The highest BCUT2D eigenvalue weighted by atomic mass is 16.2. The van der Waals surface area contributed by atoms with Gasteiger partial charge in [-0.3, -0.25) is 4.79 Å². The van der Waals surface area contributed by atoms with Crippen molar-refractivity contribution in [3.63, 3.8) is 0 Å². The van der Waals surface area contributed by atoms with Crippen LogP contribution < -0.4 is 0 Å². The average molecular weight is 222 g/mol. The highest BCUT2D eigenvalue weighted by Gasteiger charge is 2.10. The number of nitrogens with zero attached hydrogens (tertiary/aromatic N) is 2. The molecule has 0 spiro atoms. The highest BCUT2D eigenvalue weighted by Crippen LogP contribution is 2.11. The Labute approximate surface area is 98.5 Å². The summed E-state index contributed by atoms with van der Waals surface area (Å²) in [7, 11) is 3.46. The van der Waals surface area contributed by atoms with Crippen molar-refractivity contribution < 1.29 is 4.79 Å². The molecule has 3 nitrogen and oxygen atoms in total. The molecule has 0 aliphatic rings. The summed E-state index contributed by atoms with van der Waals surface area (Å²) in [6.07, 6.45) is 0. The van der Waals surface area contributed by atoms with Gasteiger partial charge < -0.3 is 4.90 Å². The van der Waals surface area contributed by atoms with Crippen LogP contribution in [0.4, 0.5) is 0 Å². The minimum atomic E-state index is -0.0486. The van der Waals surface area contributed by atoms with Gasteiger partial charge in [-0.2, -0.15) is 0 Å². The van der Waals surface area contributed by atoms with Gasteiger partial charge in [0.25, 0.3) is 5.91 Å². The Morgan fingerprint density at radius 2 is 1.81 bits per heavy atom. The first kappa shape index (κ1) is 14.6. The Hall–Kier alpha value is -1.38. The molecule has 1 heterocycles. The number of amides is 1.